The van der Waals surface area contributed by atoms with Crippen LogP contribution >= 0.6 is 22.9 Å². The molecule has 0 radical (unpaired) electrons. The summed E-state index contributed by atoms with van der Waals surface area (Å²) in [6.45, 7) is 19.6. The van der Waals surface area contributed by atoms with Crippen molar-refractivity contribution in [2.24, 2.45) is 0 Å². The predicted molar refractivity (Wildman–Crippen MR) is 246 cm³/mol. The Labute approximate surface area is 387 Å². The molecule has 3 saturated heterocycles. The minimum Gasteiger partial charge on any atom is -0.462 e. The Morgan fingerprint density at radius 2 is 1.57 bits per heavy atom. The first-order valence-electron chi connectivity index (χ1n) is 22.3. The lowest BCUT2D eigenvalue weighted by Gasteiger charge is -2.42. The molecule has 2 unspecified atom stereocenters. The molecule has 2 bridgehead atoms. The summed E-state index contributed by atoms with van der Waals surface area (Å²) in [5, 5.41) is 2.97. The smallest absolute Gasteiger partial charge is 0.413 e. The Balaban J connectivity index is 1.16. The number of nitrogens with zero attached hydrogens (tertiary/aromatic N) is 6. The number of fused-ring (bicyclic) bond motifs is 4. The average Bonchev–Trinajstić information content (AvgIpc) is 3.89. The molecular weight excluding hydrogens is 884 g/mol. The van der Waals surface area contributed by atoms with Crippen LogP contribution in [0.25, 0.3) is 32.2 Å². The number of carbonyl (C=O) groups excluding carboxylic acids is 3. The second-order valence-corrected chi connectivity index (χ2v) is 21.2. The number of hydrogen-bond acceptors (Lipinski definition) is 14. The molecular formula is C46H60ClF2N7O8S. The number of halogens is 3. The summed E-state index contributed by atoms with van der Waals surface area (Å²) < 4.78 is 61.5. The molecule has 7 rings (SSSR count). The normalized spacial score (nSPS) is 19.3. The van der Waals surface area contributed by atoms with Crippen molar-refractivity contribution in [1.29, 1.82) is 0 Å². The maximum Gasteiger partial charge on any atom is 0.413 e. The van der Waals surface area contributed by atoms with E-state index >= 15 is 8.78 Å². The molecule has 0 aliphatic carbocycles. The molecule has 354 valence electrons. The number of anilines is 2. The number of benzene rings is 2. The van der Waals surface area contributed by atoms with E-state index in [4.69, 9.17) is 40.3 Å². The second-order valence-electron chi connectivity index (χ2n) is 19.8. The molecule has 1 N–H and O–H groups in total. The lowest BCUT2D eigenvalue weighted by molar-refractivity contribution is -0.156. The van der Waals surface area contributed by atoms with Gasteiger partial charge in [0, 0.05) is 48.8 Å². The lowest BCUT2D eigenvalue weighted by atomic mass is 10.0. The third-order valence-electron chi connectivity index (χ3n) is 11.1. The highest BCUT2D eigenvalue weighted by molar-refractivity contribution is 7.22. The highest BCUT2D eigenvalue weighted by Crippen LogP contribution is 2.44. The van der Waals surface area contributed by atoms with E-state index in [0.29, 0.717) is 30.9 Å². The van der Waals surface area contributed by atoms with Crippen LogP contribution in [-0.4, -0.2) is 124 Å². The van der Waals surface area contributed by atoms with Crippen molar-refractivity contribution >= 4 is 73.2 Å². The molecule has 3 atom stereocenters. The van der Waals surface area contributed by atoms with Gasteiger partial charge in [-0.2, -0.15) is 9.97 Å². The summed E-state index contributed by atoms with van der Waals surface area (Å²) in [6.07, 6.45) is 3.17. The molecule has 2 aromatic heterocycles. The molecule has 3 fully saturated rings. The Morgan fingerprint density at radius 1 is 0.877 bits per heavy atom. The number of likely N-dealkylation sites (tertiary alicyclic amines) is 1. The van der Waals surface area contributed by atoms with Gasteiger partial charge in [0.2, 0.25) is 0 Å². The van der Waals surface area contributed by atoms with Crippen LogP contribution < -0.4 is 15.0 Å². The number of hydrogen-bond donors (Lipinski definition) is 1. The largest absolute Gasteiger partial charge is 0.462 e. The zero-order chi connectivity index (χ0) is 47.0. The topological polar surface area (TPSA) is 158 Å². The SMILES string of the molecule is CC(C)(C)OC(=O)CCOCCCN1CCC[C@H]1COc1nc(N2CC3CCC(C2)N3C(=O)OC(C)(C)C)c2cc(Cl)c(-c3ccc(F)c4sc(NC(=O)OC(C)(C)C)nc34)c(F)c2n1. The van der Waals surface area contributed by atoms with E-state index in [1.807, 2.05) is 51.3 Å². The molecule has 0 spiro atoms. The van der Waals surface area contributed by atoms with E-state index in [-0.39, 0.29) is 92.8 Å². The number of amides is 2. The van der Waals surface area contributed by atoms with Gasteiger partial charge in [0.1, 0.15) is 40.6 Å². The van der Waals surface area contributed by atoms with Gasteiger partial charge in [-0.25, -0.2) is 23.4 Å². The highest BCUT2D eigenvalue weighted by atomic mass is 35.5. The summed E-state index contributed by atoms with van der Waals surface area (Å²) in [4.78, 5) is 58.3. The van der Waals surface area contributed by atoms with E-state index in [0.717, 1.165) is 56.5 Å². The Morgan fingerprint density at radius 3 is 2.25 bits per heavy atom. The number of rotatable bonds is 13. The number of aromatic nitrogens is 3. The fourth-order valence-corrected chi connectivity index (χ4v) is 9.77. The van der Waals surface area contributed by atoms with Crippen molar-refractivity contribution in [3.8, 4) is 17.1 Å². The maximum absolute atomic E-state index is 17.4. The zero-order valence-electron chi connectivity index (χ0n) is 38.6. The standard InChI is InChI=1S/C46H60ClF2N7O8S/c1-44(2,3)62-33(57)17-21-60-20-11-19-54-18-10-12-28(54)25-61-40-50-36-30(39(52-40)55-23-26-13-14-27(24-55)56(26)43(59)64-46(7,8)9)22-31(47)34(35(36)49)29-15-16-32(48)38-37(29)51-41(65-38)53-42(58)63-45(4,5)6/h15-16,22,26-28H,10-14,17-21,23-25H2,1-9H3,(H,51,53,58)/t26?,27?,28-/m0/s1. The molecule has 2 amide bonds. The molecule has 15 nitrogen and oxygen atoms in total. The summed E-state index contributed by atoms with van der Waals surface area (Å²) in [5.41, 5.74) is -1.81. The number of piperazine rings is 1. The fourth-order valence-electron chi connectivity index (χ4n) is 8.59. The van der Waals surface area contributed by atoms with Crippen LogP contribution in [0.4, 0.5) is 29.3 Å². The van der Waals surface area contributed by atoms with E-state index in [1.165, 1.54) is 12.1 Å². The van der Waals surface area contributed by atoms with E-state index in [2.05, 4.69) is 20.2 Å². The summed E-state index contributed by atoms with van der Waals surface area (Å²) in [5.74, 6) is -1.28. The Kier molecular flexibility index (Phi) is 14.3. The van der Waals surface area contributed by atoms with Crippen molar-refractivity contribution in [2.75, 3.05) is 56.2 Å². The van der Waals surface area contributed by atoms with Gasteiger partial charge in [0.25, 0.3) is 0 Å². The van der Waals surface area contributed by atoms with E-state index in [1.54, 1.807) is 26.8 Å². The monoisotopic (exact) mass is 943 g/mol. The van der Waals surface area contributed by atoms with Gasteiger partial charge in [0.05, 0.1) is 40.4 Å². The van der Waals surface area contributed by atoms with Gasteiger partial charge in [0.15, 0.2) is 10.9 Å². The molecule has 4 aromatic rings. The third-order valence-corrected chi connectivity index (χ3v) is 12.4. The minimum absolute atomic E-state index is 0.0156. The Hall–Kier alpha value is -4.65. The number of carbonyl (C=O) groups is 3. The van der Waals surface area contributed by atoms with Crippen molar-refractivity contribution in [1.82, 2.24) is 24.8 Å². The predicted octanol–water partition coefficient (Wildman–Crippen LogP) is 9.75. The van der Waals surface area contributed by atoms with Gasteiger partial charge in [-0.1, -0.05) is 22.9 Å². The molecule has 0 saturated carbocycles. The number of nitrogens with one attached hydrogen (secondary N) is 1. The Bertz CT molecular complexity index is 2410. The highest BCUT2D eigenvalue weighted by Gasteiger charge is 2.45. The first kappa shape index (κ1) is 48.3. The van der Waals surface area contributed by atoms with Crippen LogP contribution in [0.2, 0.25) is 5.02 Å². The number of thiazole rings is 1. The van der Waals surface area contributed by atoms with Gasteiger partial charge >= 0.3 is 24.2 Å². The van der Waals surface area contributed by atoms with Crippen LogP contribution in [0.3, 0.4) is 0 Å². The number of esters is 1. The second kappa shape index (κ2) is 19.3. The molecule has 65 heavy (non-hydrogen) atoms. The van der Waals surface area contributed by atoms with Crippen molar-refractivity contribution in [3.05, 3.63) is 34.9 Å². The molecule has 5 heterocycles. The fraction of sp³-hybridized carbons (Fsp3) is 0.609. The lowest BCUT2D eigenvalue weighted by Crippen LogP contribution is -2.57. The van der Waals surface area contributed by atoms with Crippen LogP contribution in [0.1, 0.15) is 101 Å². The van der Waals surface area contributed by atoms with Crippen molar-refractivity contribution in [3.63, 3.8) is 0 Å². The molecule has 3 aliphatic heterocycles. The van der Waals surface area contributed by atoms with Crippen LogP contribution in [0.5, 0.6) is 6.01 Å². The van der Waals surface area contributed by atoms with Crippen molar-refractivity contribution < 1.29 is 46.8 Å². The van der Waals surface area contributed by atoms with Gasteiger partial charge in [-0.15, -0.1) is 0 Å². The third kappa shape index (κ3) is 11.8. The first-order chi connectivity index (χ1) is 30.5. The summed E-state index contributed by atoms with van der Waals surface area (Å²) in [6, 6.07) is 3.87. The van der Waals surface area contributed by atoms with Crippen LogP contribution in [-0.2, 0) is 23.7 Å². The quantitative estimate of drug-likeness (QED) is 0.0768. The number of ether oxygens (including phenoxy) is 5. The van der Waals surface area contributed by atoms with Crippen LogP contribution in [0.15, 0.2) is 18.2 Å². The summed E-state index contributed by atoms with van der Waals surface area (Å²) in [7, 11) is 0. The maximum atomic E-state index is 17.4. The van der Waals surface area contributed by atoms with Crippen molar-refractivity contribution in [2.45, 2.75) is 136 Å². The van der Waals surface area contributed by atoms with E-state index < -0.39 is 34.5 Å². The zero-order valence-corrected chi connectivity index (χ0v) is 40.2. The van der Waals surface area contributed by atoms with Crippen LogP contribution in [0, 0.1) is 11.6 Å². The van der Waals surface area contributed by atoms with Gasteiger partial charge < -0.3 is 28.6 Å². The molecule has 2 aromatic carbocycles. The average molecular weight is 945 g/mol. The molecule has 3 aliphatic rings. The molecule has 19 heteroatoms. The minimum atomic E-state index is -0.786. The first-order valence-corrected chi connectivity index (χ1v) is 23.4. The summed E-state index contributed by atoms with van der Waals surface area (Å²) >= 11 is 7.89. The van der Waals surface area contributed by atoms with Gasteiger partial charge in [-0.3, -0.25) is 19.9 Å². The van der Waals surface area contributed by atoms with Gasteiger partial charge in [-0.05, 0) is 119 Å². The van der Waals surface area contributed by atoms with E-state index in [9.17, 15) is 14.4 Å².